The van der Waals surface area contributed by atoms with Gasteiger partial charge in [0.1, 0.15) is 6.04 Å². The Morgan fingerprint density at radius 2 is 1.61 bits per heavy atom. The lowest BCUT2D eigenvalue weighted by molar-refractivity contribution is -0.143. The maximum absolute atomic E-state index is 13.8. The smallest absolute Gasteiger partial charge is 0.261 e. The van der Waals surface area contributed by atoms with Crippen molar-refractivity contribution in [1.82, 2.24) is 10.2 Å². The van der Waals surface area contributed by atoms with Crippen molar-refractivity contribution in [2.45, 2.75) is 57.2 Å². The van der Waals surface area contributed by atoms with Crippen LogP contribution in [-0.2, 0) is 22.6 Å². The number of ether oxygens (including phenoxy) is 2. The van der Waals surface area contributed by atoms with Gasteiger partial charge in [-0.1, -0.05) is 85.5 Å². The fraction of sp³-hybridized carbons (Fsp3) is 0.355. The highest BCUT2D eigenvalue weighted by atomic mass is 35.5. The molecule has 0 bridgehead atoms. The highest BCUT2D eigenvalue weighted by Crippen LogP contribution is 2.26. The number of amides is 2. The van der Waals surface area contributed by atoms with Crippen molar-refractivity contribution in [1.29, 1.82) is 0 Å². The molecular formula is C31H35ClN2O4. The van der Waals surface area contributed by atoms with E-state index in [9.17, 15) is 9.59 Å². The topological polar surface area (TPSA) is 67.9 Å². The lowest BCUT2D eigenvalue weighted by atomic mass is 9.94. The van der Waals surface area contributed by atoms with Crippen molar-refractivity contribution in [3.8, 4) is 11.5 Å². The van der Waals surface area contributed by atoms with Crippen molar-refractivity contribution in [2.24, 2.45) is 0 Å². The van der Waals surface area contributed by atoms with Crippen LogP contribution in [0.3, 0.4) is 0 Å². The minimum Gasteiger partial charge on any atom is -0.493 e. The summed E-state index contributed by atoms with van der Waals surface area (Å²) in [5, 5.41) is 3.82. The molecule has 4 rings (SSSR count). The van der Waals surface area contributed by atoms with E-state index in [-0.39, 0.29) is 31.0 Å². The van der Waals surface area contributed by atoms with Gasteiger partial charge in [-0.3, -0.25) is 9.59 Å². The van der Waals surface area contributed by atoms with Gasteiger partial charge >= 0.3 is 0 Å². The Kier molecular flexibility index (Phi) is 10.0. The minimum absolute atomic E-state index is 0.127. The molecule has 1 fully saturated rings. The van der Waals surface area contributed by atoms with Crippen LogP contribution in [0, 0.1) is 0 Å². The molecule has 0 heterocycles. The van der Waals surface area contributed by atoms with Gasteiger partial charge in [0.15, 0.2) is 18.1 Å². The van der Waals surface area contributed by atoms with Gasteiger partial charge in [0, 0.05) is 24.0 Å². The second-order valence-corrected chi connectivity index (χ2v) is 10.1. The zero-order valence-corrected chi connectivity index (χ0v) is 22.5. The second kappa shape index (κ2) is 13.9. The van der Waals surface area contributed by atoms with Crippen LogP contribution in [0.25, 0.3) is 0 Å². The average molecular weight is 535 g/mol. The van der Waals surface area contributed by atoms with Crippen LogP contribution in [0.2, 0.25) is 5.02 Å². The van der Waals surface area contributed by atoms with Crippen molar-refractivity contribution in [2.75, 3.05) is 13.7 Å². The maximum Gasteiger partial charge on any atom is 0.261 e. The van der Waals surface area contributed by atoms with Crippen LogP contribution in [-0.4, -0.2) is 42.5 Å². The number of nitrogens with one attached hydrogen (secondary N) is 1. The molecule has 200 valence electrons. The standard InChI is InChI=1S/C31H35ClN2O4/c1-37-28-17-8-9-18-29(28)38-22-30(35)34(21-24-13-10-14-25(32)19-24)27(20-23-11-4-2-5-12-23)31(36)33-26-15-6-3-7-16-26/h2,4-5,8-14,17-19,26-27H,3,6-7,15-16,20-22H2,1H3,(H,33,36). The van der Waals surface area contributed by atoms with Crippen molar-refractivity contribution < 1.29 is 19.1 Å². The molecule has 3 aromatic rings. The summed E-state index contributed by atoms with van der Waals surface area (Å²) in [5.74, 6) is 0.568. The van der Waals surface area contributed by atoms with Crippen LogP contribution in [0.4, 0.5) is 0 Å². The molecule has 7 heteroatoms. The molecule has 2 amide bonds. The van der Waals surface area contributed by atoms with Gasteiger partial charge in [-0.25, -0.2) is 0 Å². The van der Waals surface area contributed by atoms with E-state index in [0.717, 1.165) is 36.8 Å². The maximum atomic E-state index is 13.8. The molecule has 1 saturated carbocycles. The molecule has 3 aromatic carbocycles. The molecule has 6 nitrogen and oxygen atoms in total. The fourth-order valence-electron chi connectivity index (χ4n) is 4.89. The normalized spacial score (nSPS) is 14.4. The highest BCUT2D eigenvalue weighted by molar-refractivity contribution is 6.30. The molecule has 0 saturated heterocycles. The Hall–Kier alpha value is -3.51. The van der Waals surface area contributed by atoms with E-state index in [0.29, 0.717) is 22.9 Å². The predicted molar refractivity (Wildman–Crippen MR) is 149 cm³/mol. The van der Waals surface area contributed by atoms with Crippen LogP contribution in [0.1, 0.15) is 43.2 Å². The number of hydrogen-bond donors (Lipinski definition) is 1. The van der Waals surface area contributed by atoms with Gasteiger partial charge in [-0.2, -0.15) is 0 Å². The number of hydrogen-bond acceptors (Lipinski definition) is 4. The molecule has 38 heavy (non-hydrogen) atoms. The van der Waals surface area contributed by atoms with Crippen molar-refractivity contribution >= 4 is 23.4 Å². The van der Waals surface area contributed by atoms with Crippen LogP contribution in [0.15, 0.2) is 78.9 Å². The van der Waals surface area contributed by atoms with Gasteiger partial charge in [0.25, 0.3) is 5.91 Å². The van der Waals surface area contributed by atoms with Crippen molar-refractivity contribution in [3.05, 3.63) is 95.0 Å². The summed E-state index contributed by atoms with van der Waals surface area (Å²) in [6.07, 6.45) is 5.71. The monoisotopic (exact) mass is 534 g/mol. The summed E-state index contributed by atoms with van der Waals surface area (Å²) in [6.45, 7) is -0.00674. The van der Waals surface area contributed by atoms with E-state index in [1.54, 1.807) is 30.2 Å². The molecule has 1 atom stereocenters. The number of benzene rings is 3. The number of methoxy groups -OCH3 is 1. The summed E-state index contributed by atoms with van der Waals surface area (Å²) < 4.78 is 11.3. The first kappa shape index (κ1) is 27.5. The number of nitrogens with zero attached hydrogens (tertiary/aromatic N) is 1. The Balaban J connectivity index is 1.62. The average Bonchev–Trinajstić information content (AvgIpc) is 2.95. The molecule has 1 unspecified atom stereocenters. The molecule has 1 N–H and O–H groups in total. The molecular weight excluding hydrogens is 500 g/mol. The van der Waals surface area contributed by atoms with Crippen LogP contribution in [0.5, 0.6) is 11.5 Å². The largest absolute Gasteiger partial charge is 0.493 e. The van der Waals surface area contributed by atoms with Gasteiger partial charge in [-0.15, -0.1) is 0 Å². The first-order valence-electron chi connectivity index (χ1n) is 13.2. The van der Waals surface area contributed by atoms with E-state index in [2.05, 4.69) is 5.32 Å². The molecule has 1 aliphatic carbocycles. The molecule has 0 radical (unpaired) electrons. The van der Waals surface area contributed by atoms with E-state index < -0.39 is 6.04 Å². The summed E-state index contributed by atoms with van der Waals surface area (Å²) in [5.41, 5.74) is 1.82. The summed E-state index contributed by atoms with van der Waals surface area (Å²) >= 11 is 6.26. The third-order valence-corrected chi connectivity index (χ3v) is 7.12. The lowest BCUT2D eigenvalue weighted by Crippen LogP contribution is -2.53. The zero-order valence-electron chi connectivity index (χ0n) is 21.8. The first-order chi connectivity index (χ1) is 18.5. The number of halogens is 1. The van der Waals surface area contributed by atoms with Gasteiger partial charge in [0.2, 0.25) is 5.91 Å². The van der Waals surface area contributed by atoms with Gasteiger partial charge in [-0.05, 0) is 48.2 Å². The zero-order chi connectivity index (χ0) is 26.7. The number of carbonyl (C=O) groups is 2. The molecule has 1 aliphatic rings. The van der Waals surface area contributed by atoms with E-state index >= 15 is 0 Å². The molecule has 0 aromatic heterocycles. The Bertz CT molecular complexity index is 1200. The van der Waals surface area contributed by atoms with Gasteiger partial charge < -0.3 is 19.7 Å². The Morgan fingerprint density at radius 1 is 0.921 bits per heavy atom. The fourth-order valence-corrected chi connectivity index (χ4v) is 5.10. The van der Waals surface area contributed by atoms with Crippen LogP contribution >= 0.6 is 11.6 Å². The second-order valence-electron chi connectivity index (χ2n) is 9.64. The first-order valence-corrected chi connectivity index (χ1v) is 13.6. The van der Waals surface area contributed by atoms with E-state index in [4.69, 9.17) is 21.1 Å². The van der Waals surface area contributed by atoms with Gasteiger partial charge in [0.05, 0.1) is 7.11 Å². The SMILES string of the molecule is COc1ccccc1OCC(=O)N(Cc1cccc(Cl)c1)C(Cc1ccccc1)C(=O)NC1CCCCC1. The third kappa shape index (κ3) is 7.75. The Morgan fingerprint density at radius 3 is 2.32 bits per heavy atom. The molecule has 0 aliphatic heterocycles. The lowest BCUT2D eigenvalue weighted by Gasteiger charge is -2.33. The van der Waals surface area contributed by atoms with Crippen molar-refractivity contribution in [3.63, 3.8) is 0 Å². The summed E-state index contributed by atoms with van der Waals surface area (Å²) in [4.78, 5) is 29.2. The Labute approximate surface area is 229 Å². The highest BCUT2D eigenvalue weighted by Gasteiger charge is 2.32. The quantitative estimate of drug-likeness (QED) is 0.337. The number of rotatable bonds is 11. The van der Waals surface area contributed by atoms with E-state index in [1.165, 1.54) is 6.42 Å². The number of carbonyl (C=O) groups excluding carboxylic acids is 2. The minimum atomic E-state index is -0.716. The predicted octanol–water partition coefficient (Wildman–Crippen LogP) is 5.82. The summed E-state index contributed by atoms with van der Waals surface area (Å²) in [6, 6.07) is 23.8. The van der Waals surface area contributed by atoms with Crippen LogP contribution < -0.4 is 14.8 Å². The molecule has 0 spiro atoms. The summed E-state index contributed by atoms with van der Waals surface area (Å²) in [7, 11) is 1.56. The number of para-hydroxylation sites is 2. The third-order valence-electron chi connectivity index (χ3n) is 6.88. The van der Waals surface area contributed by atoms with E-state index in [1.807, 2.05) is 60.7 Å².